The Kier molecular flexibility index (Phi) is 3.00. The van der Waals surface area contributed by atoms with Gasteiger partial charge in [-0.1, -0.05) is 0 Å². The molecule has 0 bridgehead atoms. The largest absolute Gasteiger partial charge is 0.430 e. The van der Waals surface area contributed by atoms with Gasteiger partial charge in [0.25, 0.3) is 0 Å². The fourth-order valence-corrected chi connectivity index (χ4v) is 1.22. The third kappa shape index (κ3) is 2.48. The zero-order valence-electron chi connectivity index (χ0n) is 8.91. The monoisotopic (exact) mass is 250 g/mol. The van der Waals surface area contributed by atoms with Gasteiger partial charge in [0.15, 0.2) is 0 Å². The number of nitro benzene ring substituents is 1. The van der Waals surface area contributed by atoms with Crippen molar-refractivity contribution < 1.29 is 14.1 Å². The number of hydrogen-bond acceptors (Lipinski definition) is 6. The Morgan fingerprint density at radius 2 is 2.06 bits per heavy atom. The van der Waals surface area contributed by atoms with E-state index in [9.17, 15) is 14.5 Å². The second-order valence-electron chi connectivity index (χ2n) is 3.27. The summed E-state index contributed by atoms with van der Waals surface area (Å²) in [7, 11) is 0. The number of nitrogens with two attached hydrogens (primary N) is 1. The topological polar surface area (TPSA) is 104 Å². The Labute approximate surface area is 100 Å². The number of ether oxygens (including phenoxy) is 1. The smallest absolute Gasteiger partial charge is 0.311 e. The summed E-state index contributed by atoms with van der Waals surface area (Å²) >= 11 is 0. The van der Waals surface area contributed by atoms with Crippen LogP contribution in [0.25, 0.3) is 0 Å². The standard InChI is InChI=1S/C10H7FN4O3/c11-6-1-2-7(15(16)17)8(5-6)18-10-4-3-9(12)13-14-10/h1-5H,(H2,12,13). The van der Waals surface area contributed by atoms with E-state index in [-0.39, 0.29) is 23.1 Å². The van der Waals surface area contributed by atoms with Crippen molar-refractivity contribution in [3.63, 3.8) is 0 Å². The first-order chi connectivity index (χ1) is 8.56. The molecule has 0 saturated heterocycles. The quantitative estimate of drug-likeness (QED) is 0.658. The zero-order valence-corrected chi connectivity index (χ0v) is 8.91. The summed E-state index contributed by atoms with van der Waals surface area (Å²) in [5.74, 6) is -0.743. The van der Waals surface area contributed by atoms with Gasteiger partial charge in [-0.3, -0.25) is 10.1 Å². The van der Waals surface area contributed by atoms with Crippen LogP contribution in [-0.2, 0) is 0 Å². The first kappa shape index (κ1) is 11.7. The molecule has 0 fully saturated rings. The lowest BCUT2D eigenvalue weighted by Gasteiger charge is -2.04. The summed E-state index contributed by atoms with van der Waals surface area (Å²) < 4.78 is 18.1. The summed E-state index contributed by atoms with van der Waals surface area (Å²) in [6.45, 7) is 0. The molecule has 0 aliphatic rings. The van der Waals surface area contributed by atoms with Crippen LogP contribution in [0, 0.1) is 15.9 Å². The van der Waals surface area contributed by atoms with E-state index in [1.54, 1.807) is 0 Å². The molecule has 0 radical (unpaired) electrons. The van der Waals surface area contributed by atoms with Crippen molar-refractivity contribution in [2.45, 2.75) is 0 Å². The molecule has 2 rings (SSSR count). The maximum atomic E-state index is 13.0. The molecular formula is C10H7FN4O3. The van der Waals surface area contributed by atoms with Crippen LogP contribution in [0.15, 0.2) is 30.3 Å². The van der Waals surface area contributed by atoms with Gasteiger partial charge in [-0.05, 0) is 12.1 Å². The van der Waals surface area contributed by atoms with Crippen molar-refractivity contribution in [1.82, 2.24) is 10.2 Å². The predicted molar refractivity (Wildman–Crippen MR) is 59.6 cm³/mol. The van der Waals surface area contributed by atoms with E-state index in [2.05, 4.69) is 10.2 Å². The van der Waals surface area contributed by atoms with Crippen LogP contribution in [0.3, 0.4) is 0 Å². The van der Waals surface area contributed by atoms with Gasteiger partial charge in [0.1, 0.15) is 11.6 Å². The second kappa shape index (κ2) is 4.62. The second-order valence-corrected chi connectivity index (χ2v) is 3.27. The number of halogens is 1. The van der Waals surface area contributed by atoms with Crippen LogP contribution in [-0.4, -0.2) is 15.1 Å². The molecule has 0 saturated carbocycles. The number of rotatable bonds is 3. The number of aromatic nitrogens is 2. The van der Waals surface area contributed by atoms with E-state index >= 15 is 0 Å². The molecular weight excluding hydrogens is 243 g/mol. The Morgan fingerprint density at radius 1 is 1.28 bits per heavy atom. The molecule has 0 spiro atoms. The molecule has 0 aliphatic carbocycles. The first-order valence-corrected chi connectivity index (χ1v) is 4.77. The summed E-state index contributed by atoms with van der Waals surface area (Å²) in [5, 5.41) is 17.8. The fourth-order valence-electron chi connectivity index (χ4n) is 1.22. The average Bonchev–Trinajstić information content (AvgIpc) is 2.32. The third-order valence-corrected chi connectivity index (χ3v) is 1.99. The van der Waals surface area contributed by atoms with Crippen molar-refractivity contribution in [1.29, 1.82) is 0 Å². The summed E-state index contributed by atoms with van der Waals surface area (Å²) in [6, 6.07) is 5.66. The average molecular weight is 250 g/mol. The minimum Gasteiger partial charge on any atom is -0.430 e. The van der Waals surface area contributed by atoms with E-state index in [0.29, 0.717) is 0 Å². The maximum absolute atomic E-state index is 13.0. The molecule has 0 aliphatic heterocycles. The van der Waals surface area contributed by atoms with Crippen molar-refractivity contribution in [2.24, 2.45) is 0 Å². The van der Waals surface area contributed by atoms with Gasteiger partial charge in [-0.2, -0.15) is 0 Å². The van der Waals surface area contributed by atoms with Crippen molar-refractivity contribution in [2.75, 3.05) is 5.73 Å². The maximum Gasteiger partial charge on any atom is 0.311 e. The fraction of sp³-hybridized carbons (Fsp3) is 0. The van der Waals surface area contributed by atoms with Crippen molar-refractivity contribution >= 4 is 11.5 Å². The van der Waals surface area contributed by atoms with Crippen LogP contribution in [0.1, 0.15) is 0 Å². The van der Waals surface area contributed by atoms with E-state index < -0.39 is 10.7 Å². The molecule has 18 heavy (non-hydrogen) atoms. The number of anilines is 1. The summed E-state index contributed by atoms with van der Waals surface area (Å²) in [6.07, 6.45) is 0. The van der Waals surface area contributed by atoms with Gasteiger partial charge in [0, 0.05) is 18.2 Å². The molecule has 8 heteroatoms. The van der Waals surface area contributed by atoms with Crippen LogP contribution in [0.4, 0.5) is 15.9 Å². The molecule has 1 aromatic heterocycles. The molecule has 92 valence electrons. The summed E-state index contributed by atoms with van der Waals surface area (Å²) in [5.41, 5.74) is 4.96. The highest BCUT2D eigenvalue weighted by molar-refractivity contribution is 5.47. The van der Waals surface area contributed by atoms with E-state index in [1.165, 1.54) is 12.1 Å². The van der Waals surface area contributed by atoms with Gasteiger partial charge >= 0.3 is 5.69 Å². The lowest BCUT2D eigenvalue weighted by atomic mass is 10.3. The van der Waals surface area contributed by atoms with Gasteiger partial charge in [0.05, 0.1) is 4.92 Å². The minimum atomic E-state index is -0.681. The molecule has 1 aromatic carbocycles. The van der Waals surface area contributed by atoms with Gasteiger partial charge in [0.2, 0.25) is 11.6 Å². The van der Waals surface area contributed by atoms with Crippen LogP contribution < -0.4 is 10.5 Å². The highest BCUT2D eigenvalue weighted by atomic mass is 19.1. The van der Waals surface area contributed by atoms with E-state index in [4.69, 9.17) is 10.5 Å². The van der Waals surface area contributed by atoms with Crippen molar-refractivity contribution in [3.05, 3.63) is 46.3 Å². The first-order valence-electron chi connectivity index (χ1n) is 4.77. The van der Waals surface area contributed by atoms with Gasteiger partial charge in [-0.25, -0.2) is 4.39 Å². The molecule has 0 amide bonds. The zero-order chi connectivity index (χ0) is 13.1. The Morgan fingerprint density at radius 3 is 2.67 bits per heavy atom. The van der Waals surface area contributed by atoms with Crippen LogP contribution >= 0.6 is 0 Å². The number of benzene rings is 1. The van der Waals surface area contributed by atoms with Crippen LogP contribution in [0.2, 0.25) is 0 Å². The molecule has 0 atom stereocenters. The van der Waals surface area contributed by atoms with E-state index in [1.807, 2.05) is 0 Å². The normalized spacial score (nSPS) is 10.1. The highest BCUT2D eigenvalue weighted by Crippen LogP contribution is 2.30. The van der Waals surface area contributed by atoms with Crippen molar-refractivity contribution in [3.8, 4) is 11.6 Å². The minimum absolute atomic E-state index is 0.0158. The Bertz CT molecular complexity index is 588. The molecule has 2 aromatic rings. The highest BCUT2D eigenvalue weighted by Gasteiger charge is 2.17. The molecule has 2 N–H and O–H groups in total. The number of hydrogen-bond donors (Lipinski definition) is 1. The third-order valence-electron chi connectivity index (χ3n) is 1.99. The van der Waals surface area contributed by atoms with E-state index in [0.717, 1.165) is 18.2 Å². The molecule has 7 nitrogen and oxygen atoms in total. The molecule has 1 heterocycles. The Hall–Kier alpha value is -2.77. The summed E-state index contributed by atoms with van der Waals surface area (Å²) in [4.78, 5) is 10.0. The lowest BCUT2D eigenvalue weighted by molar-refractivity contribution is -0.385. The Balaban J connectivity index is 2.35. The SMILES string of the molecule is Nc1ccc(Oc2cc(F)ccc2[N+](=O)[O-])nn1. The number of nitrogen functional groups attached to an aromatic ring is 1. The number of nitrogens with zero attached hydrogens (tertiary/aromatic N) is 3. The van der Waals surface area contributed by atoms with Gasteiger partial charge in [-0.15, -0.1) is 10.2 Å². The lowest BCUT2D eigenvalue weighted by Crippen LogP contribution is -1.97. The van der Waals surface area contributed by atoms with Crippen LogP contribution in [0.5, 0.6) is 11.6 Å². The van der Waals surface area contributed by atoms with Gasteiger partial charge < -0.3 is 10.5 Å². The number of nitro groups is 1. The molecule has 0 unspecified atom stereocenters. The predicted octanol–water partition coefficient (Wildman–Crippen LogP) is 1.90.